The van der Waals surface area contributed by atoms with Crippen LogP contribution in [0, 0.1) is 12.7 Å². The lowest BCUT2D eigenvalue weighted by Gasteiger charge is -2.15. The molecular weight excluding hydrogens is 284 g/mol. The zero-order valence-electron chi connectivity index (χ0n) is 10.5. The summed E-state index contributed by atoms with van der Waals surface area (Å²) in [7, 11) is 0. The van der Waals surface area contributed by atoms with Gasteiger partial charge >= 0.3 is 0 Å². The van der Waals surface area contributed by atoms with E-state index in [0.29, 0.717) is 17.0 Å². The topological polar surface area (TPSA) is 26.0 Å². The Morgan fingerprint density at radius 3 is 2.58 bits per heavy atom. The Bertz CT molecular complexity index is 599. The first kappa shape index (κ1) is 14.3. The second kappa shape index (κ2) is 5.91. The van der Waals surface area contributed by atoms with E-state index in [9.17, 15) is 4.39 Å². The summed E-state index contributed by atoms with van der Waals surface area (Å²) >= 11 is 12.0. The summed E-state index contributed by atoms with van der Waals surface area (Å²) in [5, 5.41) is 0.748. The second-order valence-electron chi connectivity index (χ2n) is 4.50. The van der Waals surface area contributed by atoms with E-state index in [1.165, 1.54) is 6.07 Å². The van der Waals surface area contributed by atoms with E-state index in [1.54, 1.807) is 12.1 Å². The molecule has 2 N–H and O–H groups in total. The van der Waals surface area contributed by atoms with Crippen molar-refractivity contribution in [1.29, 1.82) is 0 Å². The molecule has 0 aromatic heterocycles. The van der Waals surface area contributed by atoms with Crippen LogP contribution in [0.1, 0.15) is 22.7 Å². The molecule has 0 saturated carbocycles. The van der Waals surface area contributed by atoms with Crippen LogP contribution in [0.2, 0.25) is 10.0 Å². The number of benzene rings is 2. The molecule has 0 spiro atoms. The largest absolute Gasteiger partial charge is 0.324 e. The molecule has 0 aliphatic heterocycles. The van der Waals surface area contributed by atoms with Gasteiger partial charge in [-0.05, 0) is 36.1 Å². The number of halogens is 3. The molecule has 0 saturated heterocycles. The van der Waals surface area contributed by atoms with Gasteiger partial charge in [-0.2, -0.15) is 0 Å². The highest BCUT2D eigenvalue weighted by Gasteiger charge is 2.15. The van der Waals surface area contributed by atoms with Crippen LogP contribution in [0.4, 0.5) is 4.39 Å². The van der Waals surface area contributed by atoms with Crippen molar-refractivity contribution in [1.82, 2.24) is 0 Å². The Kier molecular flexibility index (Phi) is 4.46. The number of nitrogens with two attached hydrogens (primary N) is 1. The monoisotopic (exact) mass is 297 g/mol. The number of hydrogen-bond donors (Lipinski definition) is 1. The van der Waals surface area contributed by atoms with Crippen LogP contribution in [0.3, 0.4) is 0 Å². The lowest BCUT2D eigenvalue weighted by Crippen LogP contribution is -2.15. The number of aryl methyl sites for hydroxylation is 1. The molecule has 100 valence electrons. The van der Waals surface area contributed by atoms with Crippen LogP contribution < -0.4 is 5.73 Å². The van der Waals surface area contributed by atoms with Crippen molar-refractivity contribution < 1.29 is 4.39 Å². The molecular formula is C15H14Cl2FN. The van der Waals surface area contributed by atoms with Crippen molar-refractivity contribution in [3.63, 3.8) is 0 Å². The molecule has 0 bridgehead atoms. The van der Waals surface area contributed by atoms with Gasteiger partial charge in [0.1, 0.15) is 5.82 Å². The Labute approximate surface area is 122 Å². The molecule has 0 radical (unpaired) electrons. The average molecular weight is 298 g/mol. The maximum absolute atomic E-state index is 13.8. The fourth-order valence-electron chi connectivity index (χ4n) is 2.01. The van der Waals surface area contributed by atoms with Gasteiger partial charge in [0.25, 0.3) is 0 Å². The Balaban J connectivity index is 2.28. The fourth-order valence-corrected chi connectivity index (χ4v) is 2.47. The van der Waals surface area contributed by atoms with Crippen LogP contribution in [-0.4, -0.2) is 0 Å². The van der Waals surface area contributed by atoms with Gasteiger partial charge in [0.15, 0.2) is 0 Å². The minimum atomic E-state index is -0.414. The maximum atomic E-state index is 13.8. The molecule has 19 heavy (non-hydrogen) atoms. The Morgan fingerprint density at radius 2 is 1.84 bits per heavy atom. The lowest BCUT2D eigenvalue weighted by atomic mass is 9.98. The van der Waals surface area contributed by atoms with Gasteiger partial charge in [-0.15, -0.1) is 0 Å². The van der Waals surface area contributed by atoms with Gasteiger partial charge < -0.3 is 5.73 Å². The van der Waals surface area contributed by atoms with Crippen LogP contribution in [0.15, 0.2) is 36.4 Å². The fraction of sp³-hybridized carbons (Fsp3) is 0.200. The highest BCUT2D eigenvalue weighted by molar-refractivity contribution is 6.32. The summed E-state index contributed by atoms with van der Waals surface area (Å²) in [5.74, 6) is -0.414. The third kappa shape index (κ3) is 3.08. The minimum absolute atomic E-state index is 0.111. The first-order valence-corrected chi connectivity index (χ1v) is 6.69. The summed E-state index contributed by atoms with van der Waals surface area (Å²) in [4.78, 5) is 0. The van der Waals surface area contributed by atoms with Crippen molar-refractivity contribution in [2.45, 2.75) is 19.4 Å². The predicted molar refractivity (Wildman–Crippen MR) is 78.2 cm³/mol. The normalized spacial score (nSPS) is 12.5. The molecule has 1 nitrogen and oxygen atoms in total. The Morgan fingerprint density at radius 1 is 1.16 bits per heavy atom. The summed E-state index contributed by atoms with van der Waals surface area (Å²) < 4.78 is 13.8. The summed E-state index contributed by atoms with van der Waals surface area (Å²) in [5.41, 5.74) is 8.40. The van der Waals surface area contributed by atoms with E-state index in [-0.39, 0.29) is 11.1 Å². The van der Waals surface area contributed by atoms with Gasteiger partial charge in [-0.3, -0.25) is 0 Å². The first-order chi connectivity index (χ1) is 9.00. The molecule has 2 aromatic rings. The van der Waals surface area contributed by atoms with Gasteiger partial charge in [-0.1, -0.05) is 53.5 Å². The SMILES string of the molecule is Cc1cccc(C(N)Cc2cccc(Cl)c2F)c1Cl. The van der Waals surface area contributed by atoms with Crippen molar-refractivity contribution >= 4 is 23.2 Å². The van der Waals surface area contributed by atoms with Gasteiger partial charge in [0, 0.05) is 11.1 Å². The Hall–Kier alpha value is -1.09. The van der Waals surface area contributed by atoms with Crippen LogP contribution in [-0.2, 0) is 6.42 Å². The molecule has 2 aromatic carbocycles. The highest BCUT2D eigenvalue weighted by Crippen LogP contribution is 2.28. The van der Waals surface area contributed by atoms with Gasteiger partial charge in [0.2, 0.25) is 0 Å². The van der Waals surface area contributed by atoms with Crippen LogP contribution in [0.25, 0.3) is 0 Å². The smallest absolute Gasteiger partial charge is 0.145 e. The molecule has 0 fully saturated rings. The predicted octanol–water partition coefficient (Wildman–Crippen LogP) is 4.68. The van der Waals surface area contributed by atoms with Crippen molar-refractivity contribution in [3.8, 4) is 0 Å². The molecule has 0 amide bonds. The summed E-state index contributed by atoms with van der Waals surface area (Å²) in [6, 6.07) is 10.2. The van der Waals surface area contributed by atoms with Gasteiger partial charge in [-0.25, -0.2) is 4.39 Å². The van der Waals surface area contributed by atoms with E-state index in [0.717, 1.165) is 11.1 Å². The standard InChI is InChI=1S/C15H14Cl2FN/c1-9-4-2-6-11(14(9)17)13(19)8-10-5-3-7-12(16)15(10)18/h2-7,13H,8,19H2,1H3. The van der Waals surface area contributed by atoms with Crippen molar-refractivity contribution in [2.24, 2.45) is 5.73 Å². The zero-order valence-corrected chi connectivity index (χ0v) is 12.0. The van der Waals surface area contributed by atoms with E-state index in [1.807, 2.05) is 25.1 Å². The maximum Gasteiger partial charge on any atom is 0.145 e. The summed E-state index contributed by atoms with van der Waals surface area (Å²) in [6.45, 7) is 1.92. The molecule has 0 aliphatic rings. The van der Waals surface area contributed by atoms with E-state index in [2.05, 4.69) is 0 Å². The molecule has 0 aliphatic carbocycles. The zero-order chi connectivity index (χ0) is 14.0. The van der Waals surface area contributed by atoms with Gasteiger partial charge in [0.05, 0.1) is 5.02 Å². The van der Waals surface area contributed by atoms with Crippen LogP contribution in [0.5, 0.6) is 0 Å². The number of rotatable bonds is 3. The third-order valence-electron chi connectivity index (χ3n) is 3.09. The van der Waals surface area contributed by atoms with E-state index >= 15 is 0 Å². The molecule has 2 rings (SSSR count). The molecule has 0 heterocycles. The van der Waals surface area contributed by atoms with Crippen molar-refractivity contribution in [2.75, 3.05) is 0 Å². The lowest BCUT2D eigenvalue weighted by molar-refractivity contribution is 0.593. The molecule has 4 heteroatoms. The quantitative estimate of drug-likeness (QED) is 0.874. The second-order valence-corrected chi connectivity index (χ2v) is 5.29. The van der Waals surface area contributed by atoms with Crippen LogP contribution >= 0.6 is 23.2 Å². The molecule has 1 atom stereocenters. The summed E-state index contributed by atoms with van der Waals surface area (Å²) in [6.07, 6.45) is 0.357. The van der Waals surface area contributed by atoms with E-state index < -0.39 is 5.82 Å². The number of hydrogen-bond acceptors (Lipinski definition) is 1. The first-order valence-electron chi connectivity index (χ1n) is 5.94. The molecule has 1 unspecified atom stereocenters. The van der Waals surface area contributed by atoms with Crippen molar-refractivity contribution in [3.05, 3.63) is 69.0 Å². The third-order valence-corrected chi connectivity index (χ3v) is 3.90. The van der Waals surface area contributed by atoms with E-state index in [4.69, 9.17) is 28.9 Å². The minimum Gasteiger partial charge on any atom is -0.324 e. The highest BCUT2D eigenvalue weighted by atomic mass is 35.5. The average Bonchev–Trinajstić information content (AvgIpc) is 2.38.